The Kier molecular flexibility index (Phi) is 6.15. The van der Waals surface area contributed by atoms with Crippen LogP contribution in [0.1, 0.15) is 19.3 Å². The molecule has 0 aliphatic heterocycles. The molecule has 0 bridgehead atoms. The van der Waals surface area contributed by atoms with E-state index in [4.69, 9.17) is 11.6 Å². The zero-order valence-corrected chi connectivity index (χ0v) is 13.4. The van der Waals surface area contributed by atoms with E-state index in [9.17, 15) is 18.7 Å². The SMILES string of the molecule is CN(CC(=O)Nc1ccc(OC(F)F)c(Cl)c1)[C@H]1CCC[C@H]1O. The van der Waals surface area contributed by atoms with Gasteiger partial charge in [0.15, 0.2) is 0 Å². The van der Waals surface area contributed by atoms with Crippen LogP contribution in [-0.2, 0) is 4.79 Å². The van der Waals surface area contributed by atoms with E-state index in [1.54, 1.807) is 7.05 Å². The average molecular weight is 349 g/mol. The van der Waals surface area contributed by atoms with Crippen LogP contribution in [0.15, 0.2) is 18.2 Å². The van der Waals surface area contributed by atoms with Gasteiger partial charge in [0.05, 0.1) is 17.7 Å². The second-order valence-electron chi connectivity index (χ2n) is 5.55. The normalized spacial score (nSPS) is 21.0. The maximum absolute atomic E-state index is 12.2. The fourth-order valence-electron chi connectivity index (χ4n) is 2.75. The highest BCUT2D eigenvalue weighted by atomic mass is 35.5. The minimum absolute atomic E-state index is 0.0114. The predicted octanol–water partition coefficient (Wildman–Crippen LogP) is 2.73. The number of nitrogens with zero attached hydrogens (tertiary/aromatic N) is 1. The van der Waals surface area contributed by atoms with Gasteiger partial charge in [0, 0.05) is 11.7 Å². The van der Waals surface area contributed by atoms with Crippen LogP contribution < -0.4 is 10.1 Å². The third-order valence-electron chi connectivity index (χ3n) is 3.83. The summed E-state index contributed by atoms with van der Waals surface area (Å²) in [5.41, 5.74) is 0.391. The number of nitrogens with one attached hydrogen (secondary N) is 1. The summed E-state index contributed by atoms with van der Waals surface area (Å²) in [6, 6.07) is 4.04. The number of hydrogen-bond acceptors (Lipinski definition) is 4. The standard InChI is InChI=1S/C15H19ClF2N2O3/c1-20(11-3-2-4-12(11)21)8-14(22)19-9-5-6-13(10(16)7-9)23-15(17)18/h5-7,11-12,15,21H,2-4,8H2,1H3,(H,19,22)/t11-,12+/m0/s1. The highest BCUT2D eigenvalue weighted by Crippen LogP contribution is 2.29. The second kappa shape index (κ2) is 7.90. The second-order valence-corrected chi connectivity index (χ2v) is 5.96. The number of carbonyl (C=O) groups excluding carboxylic acids is 1. The lowest BCUT2D eigenvalue weighted by atomic mass is 10.2. The van der Waals surface area contributed by atoms with Gasteiger partial charge in [0.25, 0.3) is 0 Å². The van der Waals surface area contributed by atoms with Crippen molar-refractivity contribution in [3.8, 4) is 5.75 Å². The minimum atomic E-state index is -2.96. The maximum Gasteiger partial charge on any atom is 0.387 e. The summed E-state index contributed by atoms with van der Waals surface area (Å²) in [6.45, 7) is -2.84. The Morgan fingerprint density at radius 3 is 2.83 bits per heavy atom. The molecule has 1 aliphatic carbocycles. The van der Waals surface area contributed by atoms with Crippen molar-refractivity contribution in [1.82, 2.24) is 4.90 Å². The summed E-state index contributed by atoms with van der Waals surface area (Å²) >= 11 is 5.83. The molecular formula is C15H19ClF2N2O3. The number of amides is 1. The molecule has 0 aromatic heterocycles. The summed E-state index contributed by atoms with van der Waals surface area (Å²) in [5, 5.41) is 12.5. The van der Waals surface area contributed by atoms with Crippen molar-refractivity contribution in [2.24, 2.45) is 0 Å². The predicted molar refractivity (Wildman–Crippen MR) is 83.0 cm³/mol. The smallest absolute Gasteiger partial charge is 0.387 e. The molecular weight excluding hydrogens is 330 g/mol. The van der Waals surface area contributed by atoms with Crippen molar-refractivity contribution < 1.29 is 23.4 Å². The number of aliphatic hydroxyl groups excluding tert-OH is 1. The van der Waals surface area contributed by atoms with Crippen LogP contribution in [-0.4, -0.2) is 48.3 Å². The molecule has 1 aromatic rings. The lowest BCUT2D eigenvalue weighted by molar-refractivity contribution is -0.117. The highest BCUT2D eigenvalue weighted by Gasteiger charge is 2.29. The van der Waals surface area contributed by atoms with Gasteiger partial charge in [-0.05, 0) is 44.5 Å². The van der Waals surface area contributed by atoms with Gasteiger partial charge < -0.3 is 15.2 Å². The molecule has 23 heavy (non-hydrogen) atoms. The zero-order valence-electron chi connectivity index (χ0n) is 12.6. The maximum atomic E-state index is 12.2. The molecule has 1 fully saturated rings. The molecule has 0 unspecified atom stereocenters. The van der Waals surface area contributed by atoms with Gasteiger partial charge >= 0.3 is 6.61 Å². The van der Waals surface area contributed by atoms with Gasteiger partial charge in [-0.2, -0.15) is 8.78 Å². The quantitative estimate of drug-likeness (QED) is 0.830. The molecule has 2 atom stereocenters. The molecule has 0 saturated heterocycles. The Bertz CT molecular complexity index is 560. The van der Waals surface area contributed by atoms with Crippen molar-refractivity contribution in [2.45, 2.75) is 38.0 Å². The number of alkyl halides is 2. The number of halogens is 3. The first kappa shape index (κ1) is 17.9. The van der Waals surface area contributed by atoms with E-state index in [-0.39, 0.29) is 29.3 Å². The average Bonchev–Trinajstić information content (AvgIpc) is 2.87. The van der Waals surface area contributed by atoms with Crippen molar-refractivity contribution in [3.63, 3.8) is 0 Å². The fourth-order valence-corrected chi connectivity index (χ4v) is 2.97. The van der Waals surface area contributed by atoms with Gasteiger partial charge in [0.2, 0.25) is 5.91 Å². The van der Waals surface area contributed by atoms with Crippen LogP contribution in [0.4, 0.5) is 14.5 Å². The number of anilines is 1. The van der Waals surface area contributed by atoms with Crippen molar-refractivity contribution in [1.29, 1.82) is 0 Å². The van der Waals surface area contributed by atoms with Crippen molar-refractivity contribution in [2.75, 3.05) is 18.9 Å². The molecule has 2 rings (SSSR count). The molecule has 0 spiro atoms. The highest BCUT2D eigenvalue weighted by molar-refractivity contribution is 6.32. The first-order valence-electron chi connectivity index (χ1n) is 7.29. The number of benzene rings is 1. The molecule has 1 aromatic carbocycles. The Balaban J connectivity index is 1.91. The van der Waals surface area contributed by atoms with Crippen molar-refractivity contribution in [3.05, 3.63) is 23.2 Å². The number of hydrogen-bond donors (Lipinski definition) is 2. The van der Waals surface area contributed by atoms with Crippen LogP contribution in [0.5, 0.6) is 5.75 Å². The summed E-state index contributed by atoms with van der Waals surface area (Å²) in [4.78, 5) is 13.8. The summed E-state index contributed by atoms with van der Waals surface area (Å²) in [5.74, 6) is -0.420. The number of likely N-dealkylation sites (N-methyl/N-ethyl adjacent to an activating group) is 1. The third kappa shape index (κ3) is 5.02. The van der Waals surface area contributed by atoms with E-state index in [2.05, 4.69) is 10.1 Å². The van der Waals surface area contributed by atoms with E-state index in [0.29, 0.717) is 5.69 Å². The zero-order chi connectivity index (χ0) is 17.0. The Morgan fingerprint density at radius 1 is 1.52 bits per heavy atom. The monoisotopic (exact) mass is 348 g/mol. The van der Waals surface area contributed by atoms with Crippen LogP contribution in [0, 0.1) is 0 Å². The lowest BCUT2D eigenvalue weighted by Gasteiger charge is -2.26. The molecule has 1 aliphatic rings. The molecule has 5 nitrogen and oxygen atoms in total. The fraction of sp³-hybridized carbons (Fsp3) is 0.533. The Morgan fingerprint density at radius 2 is 2.26 bits per heavy atom. The van der Waals surface area contributed by atoms with Gasteiger partial charge in [-0.3, -0.25) is 9.69 Å². The van der Waals surface area contributed by atoms with Crippen LogP contribution in [0.3, 0.4) is 0 Å². The summed E-state index contributed by atoms with van der Waals surface area (Å²) < 4.78 is 28.5. The van der Waals surface area contributed by atoms with Gasteiger partial charge in [-0.15, -0.1) is 0 Å². The molecule has 0 radical (unpaired) electrons. The molecule has 1 amide bonds. The topological polar surface area (TPSA) is 61.8 Å². The first-order valence-corrected chi connectivity index (χ1v) is 7.67. The van der Waals surface area contributed by atoms with Gasteiger partial charge in [0.1, 0.15) is 5.75 Å². The summed E-state index contributed by atoms with van der Waals surface area (Å²) in [6.07, 6.45) is 2.14. The van der Waals surface area contributed by atoms with Crippen LogP contribution >= 0.6 is 11.6 Å². The van der Waals surface area contributed by atoms with E-state index in [1.807, 2.05) is 4.90 Å². The molecule has 8 heteroatoms. The minimum Gasteiger partial charge on any atom is -0.433 e. The van der Waals surface area contributed by atoms with E-state index in [1.165, 1.54) is 18.2 Å². The molecule has 128 valence electrons. The van der Waals surface area contributed by atoms with E-state index >= 15 is 0 Å². The van der Waals surface area contributed by atoms with E-state index in [0.717, 1.165) is 19.3 Å². The molecule has 1 saturated carbocycles. The van der Waals surface area contributed by atoms with Crippen molar-refractivity contribution >= 4 is 23.2 Å². The van der Waals surface area contributed by atoms with Crippen LogP contribution in [0.2, 0.25) is 5.02 Å². The molecule has 0 heterocycles. The van der Waals surface area contributed by atoms with Crippen LogP contribution in [0.25, 0.3) is 0 Å². The lowest BCUT2D eigenvalue weighted by Crippen LogP contribution is -2.41. The van der Waals surface area contributed by atoms with Gasteiger partial charge in [-0.25, -0.2) is 0 Å². The largest absolute Gasteiger partial charge is 0.433 e. The number of aliphatic hydroxyl groups is 1. The number of ether oxygens (including phenoxy) is 1. The third-order valence-corrected chi connectivity index (χ3v) is 4.13. The Hall–Kier alpha value is -1.44. The van der Waals surface area contributed by atoms with E-state index < -0.39 is 12.7 Å². The van der Waals surface area contributed by atoms with Gasteiger partial charge in [-0.1, -0.05) is 11.6 Å². The molecule has 2 N–H and O–H groups in total. The summed E-state index contributed by atoms with van der Waals surface area (Å²) in [7, 11) is 1.78. The Labute approximate surface area is 138 Å². The first-order chi connectivity index (χ1) is 10.9. The number of carbonyl (C=O) groups is 1. The number of rotatable bonds is 6.